The number of aryl methyl sites for hydroxylation is 2. The standard InChI is InChI=1S/C33H27F6N3O6S/c1-16-40-29(33(37,38)39)14-42(16)25-8-4-18(20-11-24(34)23(15-43)28(13-20)49(3,44)45)10-22(25)30-31(46-17(2)41-30)19-5-9-26(48-32(35)36)27(12-19)47-21-6-7-21/h4-5,8-14,21,32,43H,6-7,15H2,1-3H3. The lowest BCUT2D eigenvalue weighted by Gasteiger charge is -2.16. The molecule has 2 heterocycles. The zero-order chi connectivity index (χ0) is 35.4. The van der Waals surface area contributed by atoms with Crippen LogP contribution in [0.15, 0.2) is 64.0 Å². The lowest BCUT2D eigenvalue weighted by atomic mass is 9.97. The Morgan fingerprint density at radius 3 is 2.33 bits per heavy atom. The minimum absolute atomic E-state index is 0.0160. The van der Waals surface area contributed by atoms with Crippen LogP contribution in [-0.4, -0.2) is 47.0 Å². The fourth-order valence-corrected chi connectivity index (χ4v) is 6.29. The van der Waals surface area contributed by atoms with Crippen molar-refractivity contribution in [1.82, 2.24) is 14.5 Å². The monoisotopic (exact) mass is 707 g/mol. The first-order chi connectivity index (χ1) is 23.0. The Morgan fingerprint density at radius 2 is 1.71 bits per heavy atom. The highest BCUT2D eigenvalue weighted by atomic mass is 32.2. The van der Waals surface area contributed by atoms with Crippen LogP contribution < -0.4 is 9.47 Å². The maximum Gasteiger partial charge on any atom is 0.434 e. The summed E-state index contributed by atoms with van der Waals surface area (Å²) in [6.07, 6.45) is -1.87. The normalized spacial score (nSPS) is 13.7. The van der Waals surface area contributed by atoms with E-state index in [-0.39, 0.29) is 63.2 Å². The predicted octanol–water partition coefficient (Wildman–Crippen LogP) is 7.67. The van der Waals surface area contributed by atoms with Crippen molar-refractivity contribution in [2.45, 2.75) is 57.1 Å². The third-order valence-corrected chi connectivity index (χ3v) is 8.87. The predicted molar refractivity (Wildman–Crippen MR) is 164 cm³/mol. The number of imidazole rings is 1. The number of hydrogen-bond acceptors (Lipinski definition) is 8. The van der Waals surface area contributed by atoms with Crippen molar-refractivity contribution in [3.63, 3.8) is 0 Å². The SMILES string of the molecule is Cc1nc(-c2cc(-c3cc(F)c(CO)c(S(C)(=O)=O)c3)ccc2-n2cc(C(F)(F)F)nc2C)c(-c2ccc(OC(F)F)c(OC3CC3)c2)o1. The van der Waals surface area contributed by atoms with Gasteiger partial charge in [0.2, 0.25) is 0 Å². The van der Waals surface area contributed by atoms with Crippen molar-refractivity contribution in [2.75, 3.05) is 6.26 Å². The van der Waals surface area contributed by atoms with Gasteiger partial charge in [0.25, 0.3) is 0 Å². The number of sulfone groups is 1. The Bertz CT molecular complexity index is 2170. The molecular formula is C33H27F6N3O6S. The molecule has 1 aliphatic rings. The van der Waals surface area contributed by atoms with E-state index in [4.69, 9.17) is 9.15 Å². The molecule has 0 spiro atoms. The molecule has 3 aromatic carbocycles. The van der Waals surface area contributed by atoms with E-state index in [1.165, 1.54) is 60.9 Å². The number of hydrogen-bond donors (Lipinski definition) is 1. The number of oxazole rings is 1. The third kappa shape index (κ3) is 7.01. The molecule has 1 saturated carbocycles. The molecular weight excluding hydrogens is 680 g/mol. The summed E-state index contributed by atoms with van der Waals surface area (Å²) in [5.41, 5.74) is -0.526. The van der Waals surface area contributed by atoms with Gasteiger partial charge in [-0.2, -0.15) is 22.0 Å². The van der Waals surface area contributed by atoms with Crippen LogP contribution in [0, 0.1) is 19.7 Å². The number of ether oxygens (including phenoxy) is 2. The molecule has 0 unspecified atom stereocenters. The second-order valence-corrected chi connectivity index (χ2v) is 13.4. The van der Waals surface area contributed by atoms with Crippen molar-refractivity contribution in [2.24, 2.45) is 0 Å². The van der Waals surface area contributed by atoms with E-state index in [1.54, 1.807) is 0 Å². The van der Waals surface area contributed by atoms with Gasteiger partial charge >= 0.3 is 12.8 Å². The number of aliphatic hydroxyl groups is 1. The number of halogens is 6. The van der Waals surface area contributed by atoms with Crippen molar-refractivity contribution < 1.29 is 53.8 Å². The van der Waals surface area contributed by atoms with E-state index in [2.05, 4.69) is 14.7 Å². The molecule has 258 valence electrons. The first-order valence-electron chi connectivity index (χ1n) is 14.7. The number of alkyl halides is 5. The van der Waals surface area contributed by atoms with E-state index in [1.807, 2.05) is 0 Å². The summed E-state index contributed by atoms with van der Waals surface area (Å²) < 4.78 is 125. The topological polar surface area (TPSA) is 117 Å². The van der Waals surface area contributed by atoms with Crippen LogP contribution in [0.4, 0.5) is 26.3 Å². The van der Waals surface area contributed by atoms with Crippen molar-refractivity contribution in [3.8, 4) is 50.9 Å². The summed E-state index contributed by atoms with van der Waals surface area (Å²) in [4.78, 5) is 7.75. The van der Waals surface area contributed by atoms with Crippen LogP contribution in [0.2, 0.25) is 0 Å². The van der Waals surface area contributed by atoms with Crippen LogP contribution >= 0.6 is 0 Å². The molecule has 0 aliphatic heterocycles. The van der Waals surface area contributed by atoms with Crippen molar-refractivity contribution >= 4 is 9.84 Å². The van der Waals surface area contributed by atoms with Gasteiger partial charge in [0.15, 0.2) is 38.7 Å². The van der Waals surface area contributed by atoms with Crippen LogP contribution in [0.1, 0.15) is 35.8 Å². The molecule has 0 atom stereocenters. The fraction of sp³-hybridized carbons (Fsp3) is 0.273. The van der Waals surface area contributed by atoms with Gasteiger partial charge in [-0.15, -0.1) is 0 Å². The molecule has 0 bridgehead atoms. The lowest BCUT2D eigenvalue weighted by molar-refractivity contribution is -0.141. The number of nitrogens with zero attached hydrogens (tertiary/aromatic N) is 3. The third-order valence-electron chi connectivity index (χ3n) is 7.70. The summed E-state index contributed by atoms with van der Waals surface area (Å²) in [5, 5.41) is 9.67. The molecule has 1 fully saturated rings. The molecule has 0 radical (unpaired) electrons. The first-order valence-corrected chi connectivity index (χ1v) is 16.6. The molecule has 2 aromatic heterocycles. The summed E-state index contributed by atoms with van der Waals surface area (Å²) in [5.74, 6) is -0.993. The number of rotatable bonds is 10. The molecule has 1 aliphatic carbocycles. The molecule has 49 heavy (non-hydrogen) atoms. The zero-order valence-electron chi connectivity index (χ0n) is 26.0. The Balaban J connectivity index is 1.58. The Kier molecular flexibility index (Phi) is 8.73. The molecule has 16 heteroatoms. The highest BCUT2D eigenvalue weighted by molar-refractivity contribution is 7.90. The average Bonchev–Trinajstić information content (AvgIpc) is 3.61. The van der Waals surface area contributed by atoms with Gasteiger partial charge < -0.3 is 23.6 Å². The van der Waals surface area contributed by atoms with Crippen molar-refractivity contribution in [1.29, 1.82) is 0 Å². The fourth-order valence-electron chi connectivity index (χ4n) is 5.34. The summed E-state index contributed by atoms with van der Waals surface area (Å²) in [6.45, 7) is -1.11. The van der Waals surface area contributed by atoms with Gasteiger partial charge in [-0.3, -0.25) is 0 Å². The Hall–Kier alpha value is -4.83. The molecule has 6 rings (SSSR count). The molecule has 5 aromatic rings. The van der Waals surface area contributed by atoms with Gasteiger partial charge in [0.1, 0.15) is 17.3 Å². The maximum atomic E-state index is 15.2. The number of aliphatic hydroxyl groups excluding tert-OH is 1. The first kappa shape index (κ1) is 34.0. The minimum Gasteiger partial charge on any atom is -0.487 e. The van der Waals surface area contributed by atoms with Gasteiger partial charge in [-0.25, -0.2) is 22.8 Å². The largest absolute Gasteiger partial charge is 0.487 e. The van der Waals surface area contributed by atoms with Crippen LogP contribution in [0.25, 0.3) is 39.4 Å². The van der Waals surface area contributed by atoms with Crippen LogP contribution in [-0.2, 0) is 22.6 Å². The molecule has 1 N–H and O–H groups in total. The highest BCUT2D eigenvalue weighted by Crippen LogP contribution is 2.43. The second-order valence-electron chi connectivity index (χ2n) is 11.4. The lowest BCUT2D eigenvalue weighted by Crippen LogP contribution is -2.06. The van der Waals surface area contributed by atoms with Gasteiger partial charge in [0.05, 0.1) is 23.3 Å². The smallest absolute Gasteiger partial charge is 0.434 e. The van der Waals surface area contributed by atoms with Crippen LogP contribution in [0.3, 0.4) is 0 Å². The summed E-state index contributed by atoms with van der Waals surface area (Å²) >= 11 is 0. The van der Waals surface area contributed by atoms with Gasteiger partial charge in [-0.1, -0.05) is 6.07 Å². The molecule has 0 saturated heterocycles. The molecule has 9 nitrogen and oxygen atoms in total. The minimum atomic E-state index is -4.76. The van der Waals surface area contributed by atoms with E-state index in [9.17, 15) is 35.5 Å². The van der Waals surface area contributed by atoms with E-state index in [0.29, 0.717) is 18.4 Å². The van der Waals surface area contributed by atoms with Gasteiger partial charge in [-0.05, 0) is 73.4 Å². The Morgan fingerprint density at radius 1 is 1.00 bits per heavy atom. The van der Waals surface area contributed by atoms with E-state index < -0.39 is 51.2 Å². The highest BCUT2D eigenvalue weighted by Gasteiger charge is 2.35. The van der Waals surface area contributed by atoms with Gasteiger partial charge in [0, 0.05) is 36.1 Å². The number of benzene rings is 3. The average molecular weight is 708 g/mol. The maximum absolute atomic E-state index is 15.2. The van der Waals surface area contributed by atoms with Crippen molar-refractivity contribution in [3.05, 3.63) is 83.5 Å². The Labute approximate surface area is 275 Å². The van der Waals surface area contributed by atoms with E-state index >= 15 is 4.39 Å². The van der Waals surface area contributed by atoms with E-state index in [0.717, 1.165) is 18.5 Å². The molecule has 0 amide bonds. The second kappa shape index (κ2) is 12.6. The summed E-state index contributed by atoms with van der Waals surface area (Å²) in [7, 11) is -4.00. The summed E-state index contributed by atoms with van der Waals surface area (Å²) in [6, 6.07) is 10.7. The van der Waals surface area contributed by atoms with Crippen LogP contribution in [0.5, 0.6) is 11.5 Å². The zero-order valence-corrected chi connectivity index (χ0v) is 26.8. The quantitative estimate of drug-likeness (QED) is 0.147. The number of aromatic nitrogens is 3.